The molecule has 2 atom stereocenters. The van der Waals surface area contributed by atoms with E-state index in [9.17, 15) is 4.79 Å². The smallest absolute Gasteiger partial charge is 0.217 e. The summed E-state index contributed by atoms with van der Waals surface area (Å²) in [5.74, 6) is 0.879. The van der Waals surface area contributed by atoms with Crippen molar-refractivity contribution >= 4 is 5.91 Å². The van der Waals surface area contributed by atoms with Crippen LogP contribution >= 0.6 is 0 Å². The van der Waals surface area contributed by atoms with Crippen molar-refractivity contribution in [1.29, 1.82) is 0 Å². The first-order valence-electron chi connectivity index (χ1n) is 5.16. The Balaban J connectivity index is 2.41. The molecular formula is C11H21NO. The first-order chi connectivity index (χ1) is 5.89. The largest absolute Gasteiger partial charge is 0.354 e. The standard InChI is InChI=1S/C11H21NO/c1-8(13)12-10-6-5-9(7-10)11(2,3)4/h9-10H,5-7H2,1-4H3,(H,12,13)/t9-,10+/m1/s1. The number of carbonyl (C=O) groups is 1. The lowest BCUT2D eigenvalue weighted by molar-refractivity contribution is -0.119. The average Bonchev–Trinajstić information content (AvgIpc) is 2.32. The molecule has 2 nitrogen and oxygen atoms in total. The Labute approximate surface area is 81.1 Å². The number of nitrogens with one attached hydrogen (secondary N) is 1. The lowest BCUT2D eigenvalue weighted by atomic mass is 9.80. The molecule has 0 aliphatic heterocycles. The second-order valence-electron chi connectivity index (χ2n) is 5.27. The van der Waals surface area contributed by atoms with E-state index in [1.165, 1.54) is 6.42 Å². The summed E-state index contributed by atoms with van der Waals surface area (Å²) in [6, 6.07) is 0.432. The van der Waals surface area contributed by atoms with Gasteiger partial charge in [-0.05, 0) is 30.6 Å². The molecule has 0 aromatic rings. The first kappa shape index (κ1) is 10.6. The van der Waals surface area contributed by atoms with Gasteiger partial charge in [0.25, 0.3) is 0 Å². The summed E-state index contributed by atoms with van der Waals surface area (Å²) >= 11 is 0. The molecule has 1 aliphatic carbocycles. The van der Waals surface area contributed by atoms with Crippen molar-refractivity contribution in [2.45, 2.75) is 53.0 Å². The van der Waals surface area contributed by atoms with Crippen molar-refractivity contribution in [1.82, 2.24) is 5.32 Å². The van der Waals surface area contributed by atoms with Crippen molar-refractivity contribution in [3.63, 3.8) is 0 Å². The van der Waals surface area contributed by atoms with Crippen LogP contribution in [0.1, 0.15) is 47.0 Å². The Morgan fingerprint density at radius 1 is 1.31 bits per heavy atom. The summed E-state index contributed by atoms with van der Waals surface area (Å²) in [6.45, 7) is 8.46. The fourth-order valence-electron chi connectivity index (χ4n) is 2.19. The highest BCUT2D eigenvalue weighted by Gasteiger charge is 2.32. The van der Waals surface area contributed by atoms with Gasteiger partial charge < -0.3 is 5.32 Å². The number of rotatable bonds is 1. The maximum Gasteiger partial charge on any atom is 0.217 e. The summed E-state index contributed by atoms with van der Waals surface area (Å²) < 4.78 is 0. The van der Waals surface area contributed by atoms with Gasteiger partial charge in [-0.15, -0.1) is 0 Å². The minimum atomic E-state index is 0.111. The second kappa shape index (κ2) is 3.69. The van der Waals surface area contributed by atoms with Gasteiger partial charge in [0.15, 0.2) is 0 Å². The fourth-order valence-corrected chi connectivity index (χ4v) is 2.19. The third-order valence-electron chi connectivity index (χ3n) is 3.06. The molecule has 0 saturated heterocycles. The van der Waals surface area contributed by atoms with Crippen LogP contribution in [-0.4, -0.2) is 11.9 Å². The van der Waals surface area contributed by atoms with E-state index in [-0.39, 0.29) is 5.91 Å². The minimum Gasteiger partial charge on any atom is -0.354 e. The molecule has 1 aliphatic rings. The van der Waals surface area contributed by atoms with Crippen LogP contribution in [0.25, 0.3) is 0 Å². The van der Waals surface area contributed by atoms with E-state index in [4.69, 9.17) is 0 Å². The van der Waals surface area contributed by atoms with Crippen molar-refractivity contribution in [3.8, 4) is 0 Å². The predicted molar refractivity (Wildman–Crippen MR) is 54.4 cm³/mol. The van der Waals surface area contributed by atoms with Crippen LogP contribution in [0.3, 0.4) is 0 Å². The third kappa shape index (κ3) is 3.02. The molecule has 0 aromatic carbocycles. The zero-order valence-electron chi connectivity index (χ0n) is 9.18. The summed E-state index contributed by atoms with van der Waals surface area (Å²) in [7, 11) is 0. The first-order valence-corrected chi connectivity index (χ1v) is 5.16. The summed E-state index contributed by atoms with van der Waals surface area (Å²) in [4.78, 5) is 10.8. The van der Waals surface area contributed by atoms with Crippen LogP contribution in [0.5, 0.6) is 0 Å². The van der Waals surface area contributed by atoms with Crippen molar-refractivity contribution in [3.05, 3.63) is 0 Å². The van der Waals surface area contributed by atoms with E-state index in [0.717, 1.165) is 18.8 Å². The maximum atomic E-state index is 10.8. The Hall–Kier alpha value is -0.530. The van der Waals surface area contributed by atoms with Crippen molar-refractivity contribution in [2.75, 3.05) is 0 Å². The summed E-state index contributed by atoms with van der Waals surface area (Å²) in [5.41, 5.74) is 0.396. The molecule has 1 rings (SSSR count). The minimum absolute atomic E-state index is 0.111. The van der Waals surface area contributed by atoms with Gasteiger partial charge in [0, 0.05) is 13.0 Å². The number of amides is 1. The molecule has 1 saturated carbocycles. The van der Waals surface area contributed by atoms with Crippen LogP contribution < -0.4 is 5.32 Å². The summed E-state index contributed by atoms with van der Waals surface area (Å²) in [6.07, 6.45) is 3.57. The second-order valence-corrected chi connectivity index (χ2v) is 5.27. The Bertz CT molecular complexity index is 193. The van der Waals surface area contributed by atoms with Crippen LogP contribution in [0.2, 0.25) is 0 Å². The van der Waals surface area contributed by atoms with Crippen LogP contribution in [0, 0.1) is 11.3 Å². The molecule has 0 bridgehead atoms. The average molecular weight is 183 g/mol. The zero-order valence-corrected chi connectivity index (χ0v) is 9.18. The number of hydrogen-bond acceptors (Lipinski definition) is 1. The highest BCUT2D eigenvalue weighted by molar-refractivity contribution is 5.73. The van der Waals surface area contributed by atoms with Crippen LogP contribution in [0.15, 0.2) is 0 Å². The van der Waals surface area contributed by atoms with Gasteiger partial charge in [-0.25, -0.2) is 0 Å². The Morgan fingerprint density at radius 2 is 1.92 bits per heavy atom. The van der Waals surface area contributed by atoms with Gasteiger partial charge in [0.05, 0.1) is 0 Å². The van der Waals surface area contributed by atoms with Gasteiger partial charge in [-0.1, -0.05) is 20.8 Å². The highest BCUT2D eigenvalue weighted by atomic mass is 16.1. The number of carbonyl (C=O) groups excluding carboxylic acids is 1. The van der Waals surface area contributed by atoms with Gasteiger partial charge in [0.2, 0.25) is 5.91 Å². The Morgan fingerprint density at radius 3 is 2.31 bits per heavy atom. The molecule has 0 radical (unpaired) electrons. The molecule has 1 amide bonds. The lowest BCUT2D eigenvalue weighted by Gasteiger charge is -2.26. The molecule has 2 heteroatoms. The molecule has 13 heavy (non-hydrogen) atoms. The topological polar surface area (TPSA) is 29.1 Å². The third-order valence-corrected chi connectivity index (χ3v) is 3.06. The highest BCUT2D eigenvalue weighted by Crippen LogP contribution is 2.39. The normalized spacial score (nSPS) is 28.9. The lowest BCUT2D eigenvalue weighted by Crippen LogP contribution is -2.31. The molecule has 0 spiro atoms. The van der Waals surface area contributed by atoms with Crippen LogP contribution in [0.4, 0.5) is 0 Å². The molecular weight excluding hydrogens is 162 g/mol. The molecule has 0 aromatic heterocycles. The molecule has 76 valence electrons. The quantitative estimate of drug-likeness (QED) is 0.664. The van der Waals surface area contributed by atoms with E-state index in [2.05, 4.69) is 26.1 Å². The molecule has 1 fully saturated rings. The van der Waals surface area contributed by atoms with E-state index in [1.54, 1.807) is 6.92 Å². The van der Waals surface area contributed by atoms with E-state index in [1.807, 2.05) is 0 Å². The monoisotopic (exact) mass is 183 g/mol. The van der Waals surface area contributed by atoms with Crippen LogP contribution in [-0.2, 0) is 4.79 Å². The van der Waals surface area contributed by atoms with Gasteiger partial charge in [-0.3, -0.25) is 4.79 Å². The van der Waals surface area contributed by atoms with E-state index in [0.29, 0.717) is 11.5 Å². The molecule has 0 heterocycles. The van der Waals surface area contributed by atoms with E-state index >= 15 is 0 Å². The van der Waals surface area contributed by atoms with Crippen molar-refractivity contribution in [2.24, 2.45) is 11.3 Å². The fraction of sp³-hybridized carbons (Fsp3) is 0.909. The predicted octanol–water partition coefficient (Wildman–Crippen LogP) is 2.34. The molecule has 1 N–H and O–H groups in total. The van der Waals surface area contributed by atoms with E-state index < -0.39 is 0 Å². The van der Waals surface area contributed by atoms with Gasteiger partial charge in [0.1, 0.15) is 0 Å². The summed E-state index contributed by atoms with van der Waals surface area (Å²) in [5, 5.41) is 3.00. The van der Waals surface area contributed by atoms with Gasteiger partial charge >= 0.3 is 0 Å². The zero-order chi connectivity index (χ0) is 10.1. The SMILES string of the molecule is CC(=O)N[C@H]1CC[C@@H](C(C)(C)C)C1. The van der Waals surface area contributed by atoms with Crippen molar-refractivity contribution < 1.29 is 4.79 Å². The van der Waals surface area contributed by atoms with Gasteiger partial charge in [-0.2, -0.15) is 0 Å². The maximum absolute atomic E-state index is 10.8. The number of hydrogen-bond donors (Lipinski definition) is 1. The molecule has 0 unspecified atom stereocenters. The Kier molecular flexibility index (Phi) is 2.99.